The molecule has 1 aliphatic carbocycles. The molecule has 0 bridgehead atoms. The molecule has 0 N–H and O–H groups in total. The molecule has 0 atom stereocenters. The van der Waals surface area contributed by atoms with E-state index in [1.807, 2.05) is 12.4 Å². The Hall–Kier alpha value is -5.21. The van der Waals surface area contributed by atoms with Crippen molar-refractivity contribution in [3.63, 3.8) is 0 Å². The fourth-order valence-electron chi connectivity index (χ4n) is 6.70. The van der Waals surface area contributed by atoms with E-state index >= 15 is 0 Å². The summed E-state index contributed by atoms with van der Waals surface area (Å²) in [5.41, 5.74) is 11.3. The maximum absolute atomic E-state index is 4.48. The van der Waals surface area contributed by atoms with Gasteiger partial charge in [0.25, 0.3) is 0 Å². The monoisotopic (exact) mass is 494 g/mol. The van der Waals surface area contributed by atoms with Gasteiger partial charge in [-0.3, -0.25) is 4.98 Å². The molecule has 39 heavy (non-hydrogen) atoms. The zero-order valence-corrected chi connectivity index (χ0v) is 21.1. The number of benzene rings is 6. The fraction of sp³-hybridized carbons (Fsp3) is 0. The van der Waals surface area contributed by atoms with Crippen molar-refractivity contribution in [3.8, 4) is 39.1 Å². The molecular weight excluding hydrogens is 472 g/mol. The molecule has 8 aromatic rings. The second kappa shape index (κ2) is 7.66. The van der Waals surface area contributed by atoms with Crippen LogP contribution in [0, 0.1) is 0 Å². The lowest BCUT2D eigenvalue weighted by molar-refractivity contribution is 1.18. The molecule has 0 unspecified atom stereocenters. The molecule has 180 valence electrons. The van der Waals surface area contributed by atoms with Gasteiger partial charge < -0.3 is 4.57 Å². The molecule has 2 heterocycles. The van der Waals surface area contributed by atoms with Crippen molar-refractivity contribution in [3.05, 3.63) is 134 Å². The predicted molar refractivity (Wildman–Crippen MR) is 163 cm³/mol. The number of aromatic nitrogens is 2. The molecule has 1 aliphatic rings. The minimum atomic E-state index is 1.15. The molecule has 0 saturated carbocycles. The Morgan fingerprint density at radius 2 is 1.18 bits per heavy atom. The van der Waals surface area contributed by atoms with Gasteiger partial charge in [0, 0.05) is 28.9 Å². The molecular formula is C37H22N2. The van der Waals surface area contributed by atoms with Crippen LogP contribution in [0.25, 0.3) is 82.4 Å². The lowest BCUT2D eigenvalue weighted by Crippen LogP contribution is -1.94. The fourth-order valence-corrected chi connectivity index (χ4v) is 6.70. The van der Waals surface area contributed by atoms with E-state index in [9.17, 15) is 0 Å². The molecule has 2 heteroatoms. The average Bonchev–Trinajstić information content (AvgIpc) is 3.50. The Morgan fingerprint density at radius 3 is 2.05 bits per heavy atom. The van der Waals surface area contributed by atoms with Crippen molar-refractivity contribution in [2.75, 3.05) is 0 Å². The first-order valence-corrected chi connectivity index (χ1v) is 13.4. The quantitative estimate of drug-likeness (QED) is 0.234. The molecule has 6 aromatic carbocycles. The maximum atomic E-state index is 4.48. The molecule has 0 amide bonds. The first-order valence-electron chi connectivity index (χ1n) is 13.4. The first-order chi connectivity index (χ1) is 19.3. The highest BCUT2D eigenvalue weighted by molar-refractivity contribution is 6.19. The van der Waals surface area contributed by atoms with E-state index < -0.39 is 0 Å². The van der Waals surface area contributed by atoms with Crippen molar-refractivity contribution in [1.82, 2.24) is 9.55 Å². The van der Waals surface area contributed by atoms with Gasteiger partial charge in [-0.05, 0) is 85.3 Å². The summed E-state index contributed by atoms with van der Waals surface area (Å²) in [4.78, 5) is 4.48. The summed E-state index contributed by atoms with van der Waals surface area (Å²) in [6.07, 6.45) is 3.88. The Morgan fingerprint density at radius 1 is 0.462 bits per heavy atom. The number of hydrogen-bond acceptors (Lipinski definition) is 1. The van der Waals surface area contributed by atoms with Crippen molar-refractivity contribution in [2.45, 2.75) is 0 Å². The summed E-state index contributed by atoms with van der Waals surface area (Å²) in [6, 6.07) is 44.4. The van der Waals surface area contributed by atoms with Crippen LogP contribution in [0.15, 0.2) is 134 Å². The zero-order chi connectivity index (χ0) is 25.5. The van der Waals surface area contributed by atoms with Crippen LogP contribution in [0.1, 0.15) is 0 Å². The summed E-state index contributed by atoms with van der Waals surface area (Å²) < 4.78 is 2.39. The van der Waals surface area contributed by atoms with E-state index in [2.05, 4.69) is 131 Å². The SMILES string of the molecule is c1cc(-c2ccc3c4c(cccc24)-c2ccccc2-3)cc(-n2c3ccncc3c3cc4ccccc4cc32)c1. The average molecular weight is 495 g/mol. The van der Waals surface area contributed by atoms with Crippen molar-refractivity contribution in [2.24, 2.45) is 0 Å². The van der Waals surface area contributed by atoms with E-state index in [1.165, 1.54) is 76.7 Å². The number of fused-ring (bicyclic) bond motifs is 7. The Labute approximate surface area is 225 Å². The Kier molecular flexibility index (Phi) is 4.08. The largest absolute Gasteiger partial charge is 0.309 e. The summed E-state index contributed by atoms with van der Waals surface area (Å²) in [5, 5.41) is 7.55. The highest BCUT2D eigenvalue weighted by atomic mass is 15.0. The van der Waals surface area contributed by atoms with Gasteiger partial charge >= 0.3 is 0 Å². The standard InChI is InChI=1S/C37H22N2/c1-2-8-24-21-36-33(20-23(24)7-1)34-22-38-18-17-35(34)39(36)26-10-5-9-25(19-26)27-15-16-32-29-12-4-3-11-28(29)31-14-6-13-30(27)37(31)32/h1-22H. The van der Waals surface area contributed by atoms with Crippen LogP contribution < -0.4 is 0 Å². The van der Waals surface area contributed by atoms with Gasteiger partial charge in [0.15, 0.2) is 0 Å². The summed E-state index contributed by atoms with van der Waals surface area (Å²) >= 11 is 0. The molecule has 0 saturated heterocycles. The maximum Gasteiger partial charge on any atom is 0.0571 e. The highest BCUT2D eigenvalue weighted by Crippen LogP contribution is 2.49. The third kappa shape index (κ3) is 2.83. The zero-order valence-electron chi connectivity index (χ0n) is 21.1. The third-order valence-corrected chi connectivity index (χ3v) is 8.40. The summed E-state index contributed by atoms with van der Waals surface area (Å²) in [6.45, 7) is 0. The van der Waals surface area contributed by atoms with Gasteiger partial charge in [-0.25, -0.2) is 0 Å². The van der Waals surface area contributed by atoms with Crippen LogP contribution >= 0.6 is 0 Å². The van der Waals surface area contributed by atoms with Gasteiger partial charge in [0.1, 0.15) is 0 Å². The van der Waals surface area contributed by atoms with Crippen LogP contribution in [0.4, 0.5) is 0 Å². The van der Waals surface area contributed by atoms with Crippen LogP contribution in [0.3, 0.4) is 0 Å². The number of rotatable bonds is 2. The Balaban J connectivity index is 1.30. The van der Waals surface area contributed by atoms with Crippen molar-refractivity contribution >= 4 is 43.4 Å². The van der Waals surface area contributed by atoms with Crippen LogP contribution in [0.2, 0.25) is 0 Å². The summed E-state index contributed by atoms with van der Waals surface area (Å²) in [7, 11) is 0. The van der Waals surface area contributed by atoms with Gasteiger partial charge in [0.05, 0.1) is 11.0 Å². The molecule has 9 rings (SSSR count). The number of nitrogens with zero attached hydrogens (tertiary/aromatic N) is 2. The Bertz CT molecular complexity index is 2260. The molecule has 0 spiro atoms. The second-order valence-electron chi connectivity index (χ2n) is 10.4. The molecule has 2 nitrogen and oxygen atoms in total. The van der Waals surface area contributed by atoms with Crippen molar-refractivity contribution in [1.29, 1.82) is 0 Å². The molecule has 2 aromatic heterocycles. The molecule has 0 fully saturated rings. The van der Waals surface area contributed by atoms with Gasteiger partial charge in [-0.1, -0.05) is 91.0 Å². The van der Waals surface area contributed by atoms with Crippen molar-refractivity contribution < 1.29 is 0 Å². The van der Waals surface area contributed by atoms with Gasteiger partial charge in [0.2, 0.25) is 0 Å². The predicted octanol–water partition coefficient (Wildman–Crippen LogP) is 9.80. The minimum Gasteiger partial charge on any atom is -0.309 e. The highest BCUT2D eigenvalue weighted by Gasteiger charge is 2.22. The van der Waals surface area contributed by atoms with Gasteiger partial charge in [-0.15, -0.1) is 0 Å². The lowest BCUT2D eigenvalue weighted by Gasteiger charge is -2.13. The van der Waals surface area contributed by atoms with E-state index in [1.54, 1.807) is 0 Å². The second-order valence-corrected chi connectivity index (χ2v) is 10.4. The number of pyridine rings is 1. The molecule has 0 aliphatic heterocycles. The smallest absolute Gasteiger partial charge is 0.0571 e. The lowest BCUT2D eigenvalue weighted by atomic mass is 9.94. The van der Waals surface area contributed by atoms with E-state index in [0.717, 1.165) is 5.69 Å². The van der Waals surface area contributed by atoms with Crippen LogP contribution in [-0.2, 0) is 0 Å². The number of hydrogen-bond donors (Lipinski definition) is 0. The van der Waals surface area contributed by atoms with E-state index in [4.69, 9.17) is 0 Å². The van der Waals surface area contributed by atoms with E-state index in [-0.39, 0.29) is 0 Å². The third-order valence-electron chi connectivity index (χ3n) is 8.40. The van der Waals surface area contributed by atoms with Crippen LogP contribution in [-0.4, -0.2) is 9.55 Å². The molecule has 0 radical (unpaired) electrons. The summed E-state index contributed by atoms with van der Waals surface area (Å²) in [5.74, 6) is 0. The first kappa shape index (κ1) is 20.8. The minimum absolute atomic E-state index is 1.15. The van der Waals surface area contributed by atoms with Gasteiger partial charge in [-0.2, -0.15) is 0 Å². The van der Waals surface area contributed by atoms with Crippen LogP contribution in [0.5, 0.6) is 0 Å². The normalized spacial score (nSPS) is 12.1. The van der Waals surface area contributed by atoms with E-state index in [0.29, 0.717) is 0 Å². The topological polar surface area (TPSA) is 17.8 Å².